The summed E-state index contributed by atoms with van der Waals surface area (Å²) in [6.45, 7) is 2.83. The first-order valence-electron chi connectivity index (χ1n) is 12.1. The maximum Gasteiger partial charge on any atom is 0.341 e. The number of fused-ring (bicyclic) bond motifs is 2. The summed E-state index contributed by atoms with van der Waals surface area (Å²) in [5.41, 5.74) is 0.386. The SMILES string of the molecule is O=C(O)c1cn(C2CC2)c2cc(N3CCN(Cc4nc5ccc(Br)cc5c(=O)[nH]4)CC3)c(F)cc2c1=O. The molecular formula is C26H23BrFN5O4. The van der Waals surface area contributed by atoms with Gasteiger partial charge in [-0.05, 0) is 43.2 Å². The van der Waals surface area contributed by atoms with E-state index in [9.17, 15) is 19.5 Å². The van der Waals surface area contributed by atoms with Crippen LogP contribution >= 0.6 is 15.9 Å². The van der Waals surface area contributed by atoms with Gasteiger partial charge in [-0.2, -0.15) is 0 Å². The molecule has 190 valence electrons. The second kappa shape index (κ2) is 9.07. The number of aromatic nitrogens is 3. The minimum absolute atomic E-state index is 0.0880. The first-order chi connectivity index (χ1) is 17.8. The van der Waals surface area contributed by atoms with E-state index in [0.717, 1.165) is 17.3 Å². The van der Waals surface area contributed by atoms with Crippen LogP contribution in [0.2, 0.25) is 0 Å². The van der Waals surface area contributed by atoms with Crippen LogP contribution in [0, 0.1) is 5.82 Å². The number of pyridine rings is 1. The van der Waals surface area contributed by atoms with Gasteiger partial charge in [0.15, 0.2) is 0 Å². The average Bonchev–Trinajstić information content (AvgIpc) is 3.71. The van der Waals surface area contributed by atoms with Crippen LogP contribution in [0.15, 0.2) is 50.6 Å². The third-order valence-corrected chi connectivity index (χ3v) is 7.57. The van der Waals surface area contributed by atoms with Crippen molar-refractivity contribution in [1.29, 1.82) is 0 Å². The van der Waals surface area contributed by atoms with Crippen molar-refractivity contribution in [2.45, 2.75) is 25.4 Å². The lowest BCUT2D eigenvalue weighted by Crippen LogP contribution is -2.46. The van der Waals surface area contributed by atoms with E-state index in [1.165, 1.54) is 12.3 Å². The van der Waals surface area contributed by atoms with E-state index in [-0.39, 0.29) is 22.6 Å². The van der Waals surface area contributed by atoms with Gasteiger partial charge in [-0.25, -0.2) is 14.2 Å². The number of H-pyrrole nitrogens is 1. The van der Waals surface area contributed by atoms with Gasteiger partial charge in [-0.15, -0.1) is 0 Å². The van der Waals surface area contributed by atoms with Crippen LogP contribution in [0.5, 0.6) is 0 Å². The number of aromatic amines is 1. The van der Waals surface area contributed by atoms with Gasteiger partial charge < -0.3 is 19.6 Å². The fourth-order valence-electron chi connectivity index (χ4n) is 5.00. The molecule has 1 saturated carbocycles. The standard InChI is InChI=1S/C26H23BrFN5O4/c27-14-1-4-20-16(9-14)25(35)30-23(29-20)13-31-5-7-32(8-6-31)22-11-21-17(10-19(22)28)24(34)18(26(36)37)12-33(21)15-2-3-15/h1,4,9-12,15H,2-3,5-8,13H2,(H,36,37)(H,29,30,35). The predicted molar refractivity (Wildman–Crippen MR) is 141 cm³/mol. The molecule has 0 spiro atoms. The van der Waals surface area contributed by atoms with Crippen LogP contribution in [-0.2, 0) is 6.54 Å². The molecule has 9 nitrogen and oxygen atoms in total. The van der Waals surface area contributed by atoms with Crippen molar-refractivity contribution < 1.29 is 14.3 Å². The maximum absolute atomic E-state index is 15.2. The zero-order valence-electron chi connectivity index (χ0n) is 19.7. The van der Waals surface area contributed by atoms with Crippen LogP contribution in [-0.4, -0.2) is 56.7 Å². The van der Waals surface area contributed by atoms with Crippen molar-refractivity contribution in [3.63, 3.8) is 0 Å². The number of rotatable bonds is 5. The molecule has 0 atom stereocenters. The van der Waals surface area contributed by atoms with Crippen LogP contribution in [0.4, 0.5) is 10.1 Å². The van der Waals surface area contributed by atoms with Gasteiger partial charge >= 0.3 is 5.97 Å². The molecule has 0 bridgehead atoms. The van der Waals surface area contributed by atoms with Crippen LogP contribution in [0.25, 0.3) is 21.8 Å². The van der Waals surface area contributed by atoms with E-state index in [4.69, 9.17) is 0 Å². The fraction of sp³-hybridized carbons (Fsp3) is 0.308. The predicted octanol–water partition coefficient (Wildman–Crippen LogP) is 3.49. The summed E-state index contributed by atoms with van der Waals surface area (Å²) in [7, 11) is 0. The summed E-state index contributed by atoms with van der Waals surface area (Å²) < 4.78 is 17.8. The number of hydrogen-bond acceptors (Lipinski definition) is 6. The van der Waals surface area contributed by atoms with Gasteiger partial charge in [0.05, 0.1) is 28.7 Å². The number of nitrogens with one attached hydrogen (secondary N) is 1. The number of carboxylic acids is 1. The normalized spacial score (nSPS) is 16.5. The molecule has 2 aromatic heterocycles. The third kappa shape index (κ3) is 4.42. The molecule has 1 saturated heterocycles. The minimum Gasteiger partial charge on any atom is -0.477 e. The van der Waals surface area contributed by atoms with E-state index < -0.39 is 17.2 Å². The van der Waals surface area contributed by atoms with Crippen molar-refractivity contribution >= 4 is 49.4 Å². The second-order valence-corrected chi connectivity index (χ2v) is 10.5. The zero-order chi connectivity index (χ0) is 25.8. The first-order valence-corrected chi connectivity index (χ1v) is 12.9. The number of benzene rings is 2. The van der Waals surface area contributed by atoms with Crippen LogP contribution in [0.3, 0.4) is 0 Å². The number of carboxylic acid groups (broad SMARTS) is 1. The van der Waals surface area contributed by atoms with Gasteiger partial charge in [0.1, 0.15) is 17.2 Å². The Morgan fingerprint density at radius 2 is 1.86 bits per heavy atom. The molecule has 1 aliphatic carbocycles. The molecule has 2 fully saturated rings. The second-order valence-electron chi connectivity index (χ2n) is 9.57. The molecule has 3 heterocycles. The molecule has 11 heteroatoms. The van der Waals surface area contributed by atoms with Crippen LogP contribution in [0.1, 0.15) is 35.1 Å². The molecule has 2 aliphatic rings. The molecule has 0 unspecified atom stereocenters. The van der Waals surface area contributed by atoms with E-state index in [1.807, 2.05) is 11.0 Å². The molecule has 0 amide bonds. The Kier molecular flexibility index (Phi) is 5.84. The minimum atomic E-state index is -1.31. The Morgan fingerprint density at radius 3 is 2.57 bits per heavy atom. The van der Waals surface area contributed by atoms with Gasteiger partial charge in [-0.3, -0.25) is 14.5 Å². The molecule has 0 radical (unpaired) electrons. The summed E-state index contributed by atoms with van der Waals surface area (Å²) in [6, 6.07) is 8.36. The highest BCUT2D eigenvalue weighted by Crippen LogP contribution is 2.38. The van der Waals surface area contributed by atoms with Gasteiger partial charge in [0, 0.05) is 48.3 Å². The summed E-state index contributed by atoms with van der Waals surface area (Å²) in [4.78, 5) is 48.3. The largest absolute Gasteiger partial charge is 0.477 e. The number of anilines is 1. The number of aromatic carboxylic acids is 1. The fourth-order valence-corrected chi connectivity index (χ4v) is 5.36. The monoisotopic (exact) mass is 567 g/mol. The molecule has 4 aromatic rings. The number of nitrogens with zero attached hydrogens (tertiary/aromatic N) is 4. The molecule has 1 aliphatic heterocycles. The smallest absolute Gasteiger partial charge is 0.341 e. The van der Waals surface area contributed by atoms with Crippen molar-refractivity contribution in [2.24, 2.45) is 0 Å². The molecule has 37 heavy (non-hydrogen) atoms. The summed E-state index contributed by atoms with van der Waals surface area (Å²) >= 11 is 3.37. The number of hydrogen-bond donors (Lipinski definition) is 2. The van der Waals surface area contributed by atoms with Crippen molar-refractivity contribution in [1.82, 2.24) is 19.4 Å². The first kappa shape index (κ1) is 23.8. The number of halogens is 2. The maximum atomic E-state index is 15.2. The Bertz CT molecular complexity index is 1690. The highest BCUT2D eigenvalue weighted by atomic mass is 79.9. The van der Waals surface area contributed by atoms with Crippen molar-refractivity contribution in [3.8, 4) is 0 Å². The Balaban J connectivity index is 1.24. The third-order valence-electron chi connectivity index (χ3n) is 7.07. The highest BCUT2D eigenvalue weighted by Gasteiger charge is 2.28. The van der Waals surface area contributed by atoms with Crippen molar-refractivity contribution in [3.05, 3.63) is 78.8 Å². The Morgan fingerprint density at radius 1 is 1.11 bits per heavy atom. The average molecular weight is 568 g/mol. The van der Waals surface area contributed by atoms with Crippen LogP contribution < -0.4 is 15.9 Å². The summed E-state index contributed by atoms with van der Waals surface area (Å²) in [5, 5.41) is 10.1. The lowest BCUT2D eigenvalue weighted by Gasteiger charge is -2.36. The molecular weight excluding hydrogens is 545 g/mol. The molecule has 6 rings (SSSR count). The quantitative estimate of drug-likeness (QED) is 0.379. The Hall–Kier alpha value is -3.57. The van der Waals surface area contributed by atoms with Gasteiger partial charge in [0.25, 0.3) is 5.56 Å². The lowest BCUT2D eigenvalue weighted by molar-refractivity contribution is 0.0695. The van der Waals surface area contributed by atoms with E-state index in [0.29, 0.717) is 60.7 Å². The van der Waals surface area contributed by atoms with E-state index >= 15 is 4.39 Å². The molecule has 2 aromatic carbocycles. The molecule has 2 N–H and O–H groups in total. The summed E-state index contributed by atoms with van der Waals surface area (Å²) in [6.07, 6.45) is 3.18. The Labute approximate surface area is 218 Å². The number of piperazine rings is 1. The van der Waals surface area contributed by atoms with Crippen molar-refractivity contribution in [2.75, 3.05) is 31.1 Å². The van der Waals surface area contributed by atoms with Gasteiger partial charge in [0.2, 0.25) is 5.43 Å². The topological polar surface area (TPSA) is 112 Å². The van der Waals surface area contributed by atoms with E-state index in [2.05, 4.69) is 30.8 Å². The summed E-state index contributed by atoms with van der Waals surface area (Å²) in [5.74, 6) is -1.28. The lowest BCUT2D eigenvalue weighted by atomic mass is 10.1. The number of carbonyl (C=O) groups is 1. The van der Waals surface area contributed by atoms with Gasteiger partial charge in [-0.1, -0.05) is 15.9 Å². The zero-order valence-corrected chi connectivity index (χ0v) is 21.3. The van der Waals surface area contributed by atoms with E-state index in [1.54, 1.807) is 22.8 Å². The highest BCUT2D eigenvalue weighted by molar-refractivity contribution is 9.10.